The first-order valence-corrected chi connectivity index (χ1v) is 8.09. The van der Waals surface area contributed by atoms with Crippen molar-refractivity contribution in [2.45, 2.75) is 24.7 Å². The molecule has 1 saturated carbocycles. The van der Waals surface area contributed by atoms with Crippen LogP contribution in [0.4, 0.5) is 0 Å². The van der Waals surface area contributed by atoms with Crippen LogP contribution in [-0.4, -0.2) is 20.0 Å². The zero-order valence-corrected chi connectivity index (χ0v) is 12.8. The maximum atomic E-state index is 12.2. The summed E-state index contributed by atoms with van der Waals surface area (Å²) in [5.74, 6) is 0. The van der Waals surface area contributed by atoms with Crippen LogP contribution in [0.1, 0.15) is 25.3 Å². The van der Waals surface area contributed by atoms with Gasteiger partial charge < -0.3 is 5.73 Å². The number of sulfonamides is 1. The van der Waals surface area contributed by atoms with Crippen molar-refractivity contribution in [3.05, 3.63) is 28.8 Å². The van der Waals surface area contributed by atoms with Crippen LogP contribution in [0.2, 0.25) is 5.02 Å². The summed E-state index contributed by atoms with van der Waals surface area (Å²) < 4.78 is 27.0. The summed E-state index contributed by atoms with van der Waals surface area (Å²) in [7, 11) is -3.64. The number of thiocarbonyl (C=S) groups is 1. The molecule has 7 heteroatoms. The minimum atomic E-state index is -3.64. The van der Waals surface area contributed by atoms with Gasteiger partial charge in [0, 0.05) is 12.1 Å². The van der Waals surface area contributed by atoms with Gasteiger partial charge in [-0.05, 0) is 30.4 Å². The van der Waals surface area contributed by atoms with Gasteiger partial charge in [0.05, 0.1) is 5.02 Å². The molecular formula is C12H15ClN2O2S2. The third-order valence-electron chi connectivity index (χ3n) is 3.30. The molecular weight excluding hydrogens is 304 g/mol. The molecule has 1 aromatic rings. The minimum absolute atomic E-state index is 0.0173. The molecule has 1 aliphatic rings. The summed E-state index contributed by atoms with van der Waals surface area (Å²) >= 11 is 10.8. The largest absolute Gasteiger partial charge is 0.389 e. The Morgan fingerprint density at radius 1 is 1.53 bits per heavy atom. The van der Waals surface area contributed by atoms with Crippen LogP contribution in [0, 0.1) is 5.41 Å². The Balaban J connectivity index is 2.28. The van der Waals surface area contributed by atoms with Gasteiger partial charge in [-0.25, -0.2) is 13.1 Å². The first kappa shape index (κ1) is 14.7. The topological polar surface area (TPSA) is 72.2 Å². The predicted molar refractivity (Wildman–Crippen MR) is 79.9 cm³/mol. The minimum Gasteiger partial charge on any atom is -0.389 e. The predicted octanol–water partition coefficient (Wildman–Crippen LogP) is 2.05. The molecule has 0 bridgehead atoms. The second-order valence-electron chi connectivity index (χ2n) is 5.14. The fraction of sp³-hybridized carbons (Fsp3) is 0.417. The summed E-state index contributed by atoms with van der Waals surface area (Å²) in [6.07, 6.45) is 2.08. The van der Waals surface area contributed by atoms with Gasteiger partial charge in [-0.3, -0.25) is 0 Å². The number of hydrogen-bond acceptors (Lipinski definition) is 3. The lowest BCUT2D eigenvalue weighted by atomic mass is 10.2. The number of nitrogens with one attached hydrogen (secondary N) is 1. The van der Waals surface area contributed by atoms with E-state index < -0.39 is 10.0 Å². The van der Waals surface area contributed by atoms with Crippen LogP contribution in [0.15, 0.2) is 23.1 Å². The van der Waals surface area contributed by atoms with E-state index in [0.29, 0.717) is 12.1 Å². The smallest absolute Gasteiger partial charge is 0.242 e. The van der Waals surface area contributed by atoms with Crippen molar-refractivity contribution < 1.29 is 8.42 Å². The zero-order chi connectivity index (χ0) is 14.3. The Morgan fingerprint density at radius 2 is 2.16 bits per heavy atom. The van der Waals surface area contributed by atoms with Gasteiger partial charge in [0.15, 0.2) is 0 Å². The van der Waals surface area contributed by atoms with Crippen LogP contribution >= 0.6 is 23.8 Å². The van der Waals surface area contributed by atoms with Crippen molar-refractivity contribution in [1.82, 2.24) is 4.72 Å². The van der Waals surface area contributed by atoms with Crippen molar-refractivity contribution in [2.24, 2.45) is 11.1 Å². The lowest BCUT2D eigenvalue weighted by Gasteiger charge is -2.12. The van der Waals surface area contributed by atoms with E-state index in [1.54, 1.807) is 6.07 Å². The van der Waals surface area contributed by atoms with E-state index >= 15 is 0 Å². The number of rotatable bonds is 5. The Morgan fingerprint density at radius 3 is 2.68 bits per heavy atom. The standard InChI is InChI=1S/C12H15ClN2O2S2/c1-12(4-5-12)7-15-19(16,17)10-6-8(11(14)18)2-3-9(10)13/h2-3,6,15H,4-5,7H2,1H3,(H2,14,18). The maximum absolute atomic E-state index is 12.2. The third-order valence-corrected chi connectivity index (χ3v) is 5.42. The molecule has 1 fully saturated rings. The van der Waals surface area contributed by atoms with Crippen molar-refractivity contribution in [3.63, 3.8) is 0 Å². The Bertz CT molecular complexity index is 625. The molecule has 4 nitrogen and oxygen atoms in total. The lowest BCUT2D eigenvalue weighted by Crippen LogP contribution is -2.29. The van der Waals surface area contributed by atoms with E-state index in [1.807, 2.05) is 6.92 Å². The average molecular weight is 319 g/mol. The summed E-state index contributed by atoms with van der Waals surface area (Å²) in [6.45, 7) is 2.46. The van der Waals surface area contributed by atoms with E-state index in [4.69, 9.17) is 29.6 Å². The summed E-state index contributed by atoms with van der Waals surface area (Å²) in [5.41, 5.74) is 6.07. The molecule has 0 spiro atoms. The van der Waals surface area contributed by atoms with Gasteiger partial charge in [0.2, 0.25) is 10.0 Å². The fourth-order valence-electron chi connectivity index (χ4n) is 1.60. The molecule has 0 aromatic heterocycles. The molecule has 2 rings (SSSR count). The van der Waals surface area contributed by atoms with E-state index in [0.717, 1.165) is 12.8 Å². The number of benzene rings is 1. The lowest BCUT2D eigenvalue weighted by molar-refractivity contribution is 0.530. The monoisotopic (exact) mass is 318 g/mol. The molecule has 0 saturated heterocycles. The third kappa shape index (κ3) is 3.45. The van der Waals surface area contributed by atoms with Gasteiger partial charge in [-0.1, -0.05) is 36.8 Å². The van der Waals surface area contributed by atoms with Gasteiger partial charge in [-0.15, -0.1) is 0 Å². The molecule has 0 atom stereocenters. The van der Waals surface area contributed by atoms with Crippen LogP contribution in [0.5, 0.6) is 0 Å². The molecule has 3 N–H and O–H groups in total. The Kier molecular flexibility index (Phi) is 3.88. The normalized spacial score (nSPS) is 17.2. The van der Waals surface area contributed by atoms with E-state index in [9.17, 15) is 8.42 Å². The summed E-state index contributed by atoms with van der Waals surface area (Å²) in [4.78, 5) is 0.158. The van der Waals surface area contributed by atoms with Gasteiger partial charge in [0.1, 0.15) is 9.88 Å². The first-order chi connectivity index (χ1) is 8.73. The van der Waals surface area contributed by atoms with E-state index in [2.05, 4.69) is 4.72 Å². The van der Waals surface area contributed by atoms with Gasteiger partial charge >= 0.3 is 0 Å². The number of nitrogens with two attached hydrogens (primary N) is 1. The van der Waals surface area contributed by atoms with Gasteiger partial charge in [-0.2, -0.15) is 0 Å². The second kappa shape index (κ2) is 5.01. The molecule has 0 heterocycles. The number of halogens is 1. The zero-order valence-electron chi connectivity index (χ0n) is 10.4. The SMILES string of the molecule is CC1(CNS(=O)(=O)c2cc(C(N)=S)ccc2Cl)CC1. The first-order valence-electron chi connectivity index (χ1n) is 5.83. The highest BCUT2D eigenvalue weighted by molar-refractivity contribution is 7.89. The molecule has 0 amide bonds. The number of hydrogen-bond donors (Lipinski definition) is 2. The molecule has 19 heavy (non-hydrogen) atoms. The van der Waals surface area contributed by atoms with Crippen LogP contribution in [0.3, 0.4) is 0 Å². The molecule has 104 valence electrons. The van der Waals surface area contributed by atoms with Crippen LogP contribution < -0.4 is 10.5 Å². The maximum Gasteiger partial charge on any atom is 0.242 e. The van der Waals surface area contributed by atoms with Crippen molar-refractivity contribution in [3.8, 4) is 0 Å². The second-order valence-corrected chi connectivity index (χ2v) is 7.73. The Hall–Kier alpha value is -0.690. The molecule has 0 unspecified atom stereocenters. The van der Waals surface area contributed by atoms with Crippen molar-refractivity contribution >= 4 is 38.8 Å². The molecule has 0 aliphatic heterocycles. The highest BCUT2D eigenvalue weighted by Crippen LogP contribution is 2.44. The van der Waals surface area contributed by atoms with Gasteiger partial charge in [0.25, 0.3) is 0 Å². The molecule has 0 radical (unpaired) electrons. The fourth-order valence-corrected chi connectivity index (χ4v) is 3.45. The van der Waals surface area contributed by atoms with Crippen molar-refractivity contribution in [1.29, 1.82) is 0 Å². The van der Waals surface area contributed by atoms with Crippen LogP contribution in [0.25, 0.3) is 0 Å². The molecule has 1 aliphatic carbocycles. The quantitative estimate of drug-likeness (QED) is 0.815. The molecule has 1 aromatic carbocycles. The summed E-state index contributed by atoms with van der Waals surface area (Å²) in [6, 6.07) is 4.50. The average Bonchev–Trinajstić information content (AvgIpc) is 3.06. The van der Waals surface area contributed by atoms with E-state index in [-0.39, 0.29) is 20.3 Å². The summed E-state index contributed by atoms with van der Waals surface area (Å²) in [5, 5.41) is 0.161. The van der Waals surface area contributed by atoms with E-state index in [1.165, 1.54) is 12.1 Å². The van der Waals surface area contributed by atoms with Crippen LogP contribution in [-0.2, 0) is 10.0 Å². The Labute approximate surface area is 123 Å². The highest BCUT2D eigenvalue weighted by atomic mass is 35.5. The van der Waals surface area contributed by atoms with Crippen molar-refractivity contribution in [2.75, 3.05) is 6.54 Å². The highest BCUT2D eigenvalue weighted by Gasteiger charge is 2.38.